The summed E-state index contributed by atoms with van der Waals surface area (Å²) in [6, 6.07) is 20.3. The minimum Gasteiger partial charge on any atom is -0.481 e. The summed E-state index contributed by atoms with van der Waals surface area (Å²) in [6.45, 7) is 0.640. The van der Waals surface area contributed by atoms with Crippen LogP contribution in [0, 0.1) is 5.92 Å². The molecule has 4 atom stereocenters. The third kappa shape index (κ3) is 4.25. The highest BCUT2D eigenvalue weighted by Crippen LogP contribution is 2.35. The molecule has 0 radical (unpaired) electrons. The molecule has 2 aromatic heterocycles. The lowest BCUT2D eigenvalue weighted by molar-refractivity contribution is -0.138. The number of ether oxygens (including phenoxy) is 3. The van der Waals surface area contributed by atoms with E-state index >= 15 is 0 Å². The molecule has 2 aliphatic rings. The summed E-state index contributed by atoms with van der Waals surface area (Å²) in [7, 11) is 0. The third-order valence-electron chi connectivity index (χ3n) is 6.48. The molecule has 8 nitrogen and oxygen atoms in total. The average Bonchev–Trinajstić information content (AvgIpc) is 3.55. The summed E-state index contributed by atoms with van der Waals surface area (Å²) in [5, 5.41) is 9.59. The van der Waals surface area contributed by atoms with Gasteiger partial charge in [-0.15, -0.1) is 0 Å². The summed E-state index contributed by atoms with van der Waals surface area (Å²) >= 11 is 6.57. The molecule has 0 spiro atoms. The van der Waals surface area contributed by atoms with E-state index in [9.17, 15) is 4.79 Å². The molecule has 0 aliphatic carbocycles. The van der Waals surface area contributed by atoms with Crippen molar-refractivity contribution in [2.24, 2.45) is 5.92 Å². The number of hydrogen-bond donors (Lipinski definition) is 2. The first-order valence-electron chi connectivity index (χ1n) is 11.4. The van der Waals surface area contributed by atoms with Gasteiger partial charge < -0.3 is 24.3 Å². The zero-order valence-corrected chi connectivity index (χ0v) is 19.3. The van der Waals surface area contributed by atoms with Crippen LogP contribution >= 0.6 is 11.6 Å². The number of pyridine rings is 1. The lowest BCUT2D eigenvalue weighted by Gasteiger charge is -2.16. The molecule has 4 aromatic rings. The number of fused-ring (bicyclic) bond motifs is 2. The fourth-order valence-electron chi connectivity index (χ4n) is 4.79. The number of aromatic amines is 1. The number of halogens is 1. The van der Waals surface area contributed by atoms with Gasteiger partial charge in [0.15, 0.2) is 11.8 Å². The lowest BCUT2D eigenvalue weighted by atomic mass is 9.98. The molecule has 9 heteroatoms. The third-order valence-corrected chi connectivity index (χ3v) is 6.77. The molecular weight excluding hydrogens is 470 g/mol. The standard InChI is InChI=1S/C26H22ClN3O5/c27-18-11-19-25(29-22(18)16-8-6-15(7-9-16)14-4-2-1-3-5-14)30-26(28-19)35-20-13-34-23-17(10-21(31)32)12-33-24(20)23/h1-9,11,17,20,23-24H,10,12-13H2,(H,31,32)(H,28,29,30). The predicted octanol–water partition coefficient (Wildman–Crippen LogP) is 4.58. The Morgan fingerprint density at radius 1 is 1.00 bits per heavy atom. The van der Waals surface area contributed by atoms with Crippen molar-refractivity contribution in [2.45, 2.75) is 24.7 Å². The second kappa shape index (κ2) is 8.96. The molecular formula is C26H22ClN3O5. The maximum Gasteiger partial charge on any atom is 0.303 e. The van der Waals surface area contributed by atoms with Crippen LogP contribution in [0.5, 0.6) is 6.01 Å². The molecule has 2 saturated heterocycles. The van der Waals surface area contributed by atoms with Gasteiger partial charge in [0, 0.05) is 11.5 Å². The quantitative estimate of drug-likeness (QED) is 0.406. The molecule has 2 aliphatic heterocycles. The second-order valence-corrected chi connectivity index (χ2v) is 9.19. The van der Waals surface area contributed by atoms with Crippen LogP contribution in [0.4, 0.5) is 0 Å². The van der Waals surface area contributed by atoms with Crippen LogP contribution in [0.15, 0.2) is 60.7 Å². The van der Waals surface area contributed by atoms with E-state index in [1.807, 2.05) is 42.5 Å². The fourth-order valence-corrected chi connectivity index (χ4v) is 5.05. The molecule has 35 heavy (non-hydrogen) atoms. The number of benzene rings is 2. The van der Waals surface area contributed by atoms with Gasteiger partial charge in [0.1, 0.15) is 6.10 Å². The number of hydrogen-bond acceptors (Lipinski definition) is 6. The molecule has 4 heterocycles. The summed E-state index contributed by atoms with van der Waals surface area (Å²) < 4.78 is 17.6. The smallest absolute Gasteiger partial charge is 0.303 e. The van der Waals surface area contributed by atoms with Crippen LogP contribution in [0.2, 0.25) is 5.02 Å². The van der Waals surface area contributed by atoms with Crippen LogP contribution in [0.25, 0.3) is 33.5 Å². The van der Waals surface area contributed by atoms with Crippen LogP contribution in [0.1, 0.15) is 6.42 Å². The number of H-pyrrole nitrogens is 1. The first-order chi connectivity index (χ1) is 17.0. The van der Waals surface area contributed by atoms with Gasteiger partial charge in [0.05, 0.1) is 42.0 Å². The molecule has 6 rings (SSSR count). The van der Waals surface area contributed by atoms with E-state index in [1.165, 1.54) is 0 Å². The summed E-state index contributed by atoms with van der Waals surface area (Å²) in [5.41, 5.74) is 4.91. The summed E-state index contributed by atoms with van der Waals surface area (Å²) in [4.78, 5) is 23.4. The summed E-state index contributed by atoms with van der Waals surface area (Å²) in [6.07, 6.45) is -1.00. The van der Waals surface area contributed by atoms with E-state index in [4.69, 9.17) is 30.9 Å². The van der Waals surface area contributed by atoms with Gasteiger partial charge in [-0.25, -0.2) is 4.98 Å². The minimum atomic E-state index is -0.863. The number of carbonyl (C=O) groups is 1. The van der Waals surface area contributed by atoms with Gasteiger partial charge in [-0.3, -0.25) is 4.79 Å². The highest BCUT2D eigenvalue weighted by atomic mass is 35.5. The number of nitrogens with zero attached hydrogens (tertiary/aromatic N) is 2. The molecule has 2 aromatic carbocycles. The highest BCUT2D eigenvalue weighted by molar-refractivity contribution is 6.33. The Balaban J connectivity index is 1.21. The zero-order chi connectivity index (χ0) is 23.9. The van der Waals surface area contributed by atoms with E-state index in [-0.39, 0.29) is 30.7 Å². The van der Waals surface area contributed by atoms with E-state index in [1.54, 1.807) is 6.07 Å². The van der Waals surface area contributed by atoms with Crippen molar-refractivity contribution in [1.82, 2.24) is 15.0 Å². The number of carboxylic acids is 1. The second-order valence-electron chi connectivity index (χ2n) is 8.79. The average molecular weight is 492 g/mol. The molecule has 0 bridgehead atoms. The Bertz CT molecular complexity index is 1380. The maximum absolute atomic E-state index is 11.1. The van der Waals surface area contributed by atoms with Crippen molar-refractivity contribution in [3.05, 3.63) is 65.7 Å². The molecule has 178 valence electrons. The zero-order valence-electron chi connectivity index (χ0n) is 18.6. The topological polar surface area (TPSA) is 107 Å². The first kappa shape index (κ1) is 22.0. The molecule has 2 N–H and O–H groups in total. The Hall–Kier alpha value is -3.46. The monoisotopic (exact) mass is 491 g/mol. The molecule has 2 fully saturated rings. The van der Waals surface area contributed by atoms with Gasteiger partial charge in [-0.1, -0.05) is 66.2 Å². The van der Waals surface area contributed by atoms with Crippen molar-refractivity contribution in [3.63, 3.8) is 0 Å². The Labute approximate surface area is 205 Å². The van der Waals surface area contributed by atoms with Gasteiger partial charge in [0.25, 0.3) is 6.01 Å². The predicted molar refractivity (Wildman–Crippen MR) is 129 cm³/mol. The van der Waals surface area contributed by atoms with Gasteiger partial charge >= 0.3 is 5.97 Å². The molecule has 0 amide bonds. The number of carboxylic acid groups (broad SMARTS) is 1. The van der Waals surface area contributed by atoms with E-state index < -0.39 is 5.97 Å². The largest absolute Gasteiger partial charge is 0.481 e. The number of aromatic nitrogens is 3. The maximum atomic E-state index is 11.1. The Morgan fingerprint density at radius 2 is 1.71 bits per heavy atom. The number of rotatable bonds is 6. The van der Waals surface area contributed by atoms with Crippen LogP contribution in [-0.2, 0) is 14.3 Å². The summed E-state index contributed by atoms with van der Waals surface area (Å²) in [5.74, 6) is -1.05. The van der Waals surface area contributed by atoms with E-state index in [0.717, 1.165) is 16.7 Å². The number of imidazole rings is 1. The fraction of sp³-hybridized carbons (Fsp3) is 0.269. The van der Waals surface area contributed by atoms with Gasteiger partial charge in [-0.2, -0.15) is 4.98 Å². The SMILES string of the molecule is O=C(O)CC1COC2C(Oc3nc4nc(-c5ccc(-c6ccccc6)cc5)c(Cl)cc4[nH]3)COC12. The van der Waals surface area contributed by atoms with E-state index in [0.29, 0.717) is 41.1 Å². The van der Waals surface area contributed by atoms with Crippen molar-refractivity contribution in [3.8, 4) is 28.4 Å². The molecule has 4 unspecified atom stereocenters. The lowest BCUT2D eigenvalue weighted by Crippen LogP contribution is -2.34. The van der Waals surface area contributed by atoms with Crippen LogP contribution in [-0.4, -0.2) is 57.6 Å². The van der Waals surface area contributed by atoms with Crippen LogP contribution < -0.4 is 4.74 Å². The van der Waals surface area contributed by atoms with Gasteiger partial charge in [0.2, 0.25) is 0 Å². The Morgan fingerprint density at radius 3 is 2.49 bits per heavy atom. The minimum absolute atomic E-state index is 0.00997. The van der Waals surface area contributed by atoms with Crippen molar-refractivity contribution in [2.75, 3.05) is 13.2 Å². The first-order valence-corrected chi connectivity index (χ1v) is 11.8. The Kier molecular flexibility index (Phi) is 5.64. The molecule has 0 saturated carbocycles. The highest BCUT2D eigenvalue weighted by Gasteiger charge is 2.49. The van der Waals surface area contributed by atoms with Crippen molar-refractivity contribution < 1.29 is 24.1 Å². The van der Waals surface area contributed by atoms with Gasteiger partial charge in [-0.05, 0) is 17.2 Å². The van der Waals surface area contributed by atoms with Crippen molar-refractivity contribution in [1.29, 1.82) is 0 Å². The number of aliphatic carboxylic acids is 1. The number of nitrogens with one attached hydrogen (secondary N) is 1. The van der Waals surface area contributed by atoms with Crippen molar-refractivity contribution >= 4 is 28.7 Å². The van der Waals surface area contributed by atoms with E-state index in [2.05, 4.69) is 27.1 Å². The van der Waals surface area contributed by atoms with Crippen LogP contribution in [0.3, 0.4) is 0 Å². The normalized spacial score (nSPS) is 23.5.